The predicted molar refractivity (Wildman–Crippen MR) is 88.3 cm³/mol. The normalized spacial score (nSPS) is 20.8. The van der Waals surface area contributed by atoms with Gasteiger partial charge in [0.1, 0.15) is 22.2 Å². The lowest BCUT2D eigenvalue weighted by atomic mass is 10.1. The predicted octanol–water partition coefficient (Wildman–Crippen LogP) is 1.93. The summed E-state index contributed by atoms with van der Waals surface area (Å²) in [6.45, 7) is 1.19. The van der Waals surface area contributed by atoms with Gasteiger partial charge in [0.05, 0.1) is 0 Å². The molecule has 1 aromatic rings. The summed E-state index contributed by atoms with van der Waals surface area (Å²) in [6.07, 6.45) is 3.32. The monoisotopic (exact) mass is 335 g/mol. The van der Waals surface area contributed by atoms with E-state index in [9.17, 15) is 13.8 Å². The molecule has 1 N–H and O–H groups in total. The van der Waals surface area contributed by atoms with Crippen molar-refractivity contribution in [1.29, 1.82) is 0 Å². The van der Waals surface area contributed by atoms with Crippen molar-refractivity contribution in [3.05, 3.63) is 52.4 Å². The van der Waals surface area contributed by atoms with Gasteiger partial charge in [0, 0.05) is 0 Å². The molecule has 7 heteroatoms. The highest BCUT2D eigenvalue weighted by atomic mass is 32.2. The highest BCUT2D eigenvalue weighted by Gasteiger charge is 2.39. The molecule has 0 bridgehead atoms. The Hall–Kier alpha value is -2.12. The minimum Gasteiger partial charge on any atom is -0.480 e. The minimum atomic E-state index is -1.80. The van der Waals surface area contributed by atoms with Crippen molar-refractivity contribution in [2.24, 2.45) is 0 Å². The van der Waals surface area contributed by atoms with Crippen LogP contribution in [-0.2, 0) is 20.4 Å². The number of benzene rings is 1. The van der Waals surface area contributed by atoms with E-state index in [4.69, 9.17) is 17.3 Å². The Bertz CT molecular complexity index is 722. The third-order valence-corrected chi connectivity index (χ3v) is 4.78. The summed E-state index contributed by atoms with van der Waals surface area (Å²) in [6, 6.07) is 9.46. The fraction of sp³-hybridized carbons (Fsp3) is 0.133. The van der Waals surface area contributed by atoms with Gasteiger partial charge in [-0.15, -0.1) is 0 Å². The lowest BCUT2D eigenvalue weighted by Gasteiger charge is -2.09. The highest BCUT2D eigenvalue weighted by molar-refractivity contribution is 8.16. The third-order valence-electron chi connectivity index (χ3n) is 2.88. The number of carboxylic acid groups (broad SMARTS) is 1. The van der Waals surface area contributed by atoms with Gasteiger partial charge in [-0.2, -0.15) is 0 Å². The number of rotatable bonds is 4. The molecule has 0 spiro atoms. The van der Waals surface area contributed by atoms with E-state index in [0.717, 1.165) is 16.0 Å². The van der Waals surface area contributed by atoms with Gasteiger partial charge in [-0.05, 0) is 36.4 Å². The van der Waals surface area contributed by atoms with E-state index >= 15 is 0 Å². The number of carboxylic acids is 1. The molecular formula is C15H13NO4S2. The van der Waals surface area contributed by atoms with Crippen molar-refractivity contribution in [3.8, 4) is 0 Å². The Morgan fingerprint density at radius 2 is 2.00 bits per heavy atom. The fourth-order valence-electron chi connectivity index (χ4n) is 1.94. The van der Waals surface area contributed by atoms with Crippen LogP contribution in [0.15, 0.2) is 46.9 Å². The van der Waals surface area contributed by atoms with Gasteiger partial charge < -0.3 is 5.11 Å². The van der Waals surface area contributed by atoms with Gasteiger partial charge in [0.25, 0.3) is 5.91 Å². The van der Waals surface area contributed by atoms with Crippen molar-refractivity contribution in [1.82, 2.24) is 4.90 Å². The second-order valence-electron chi connectivity index (χ2n) is 4.63. The molecule has 0 aliphatic carbocycles. The zero-order chi connectivity index (χ0) is 16.3. The fourth-order valence-corrected chi connectivity index (χ4v) is 3.45. The van der Waals surface area contributed by atoms with Gasteiger partial charge in [-0.3, -0.25) is 14.5 Å². The number of amides is 1. The largest absolute Gasteiger partial charge is 0.480 e. The first-order valence-electron chi connectivity index (χ1n) is 6.34. The molecule has 1 amide bonds. The van der Waals surface area contributed by atoms with Crippen molar-refractivity contribution >= 4 is 45.3 Å². The number of hydrogen-bond donors (Lipinski definition) is 1. The van der Waals surface area contributed by atoms with Crippen LogP contribution in [0.5, 0.6) is 0 Å². The van der Waals surface area contributed by atoms with Crippen LogP contribution in [0, 0.1) is 0 Å². The summed E-state index contributed by atoms with van der Waals surface area (Å²) in [5.74, 6) is -1.82. The number of aliphatic carboxylic acids is 1. The molecule has 0 radical (unpaired) electrons. The first-order valence-corrected chi connectivity index (χ1v) is 7.90. The van der Waals surface area contributed by atoms with E-state index in [1.54, 1.807) is 6.92 Å². The average molecular weight is 335 g/mol. The topological polar surface area (TPSA) is 74.7 Å². The molecule has 2 rings (SSSR count). The van der Waals surface area contributed by atoms with Crippen molar-refractivity contribution < 1.29 is 18.9 Å². The van der Waals surface area contributed by atoms with Crippen molar-refractivity contribution in [3.63, 3.8) is 0 Å². The maximum absolute atomic E-state index is 12.1. The highest BCUT2D eigenvalue weighted by Crippen LogP contribution is 2.22. The van der Waals surface area contributed by atoms with Crippen LogP contribution >= 0.6 is 12.2 Å². The van der Waals surface area contributed by atoms with Crippen LogP contribution in [0.25, 0.3) is 6.08 Å². The lowest BCUT2D eigenvalue weighted by Crippen LogP contribution is -2.34. The number of hydrogen-bond acceptors (Lipinski definition) is 4. The molecule has 1 aromatic carbocycles. The number of thiocarbonyl (C=S) groups is 1. The molecule has 1 unspecified atom stereocenters. The number of allylic oxidation sites excluding steroid dienone is 2. The van der Waals surface area contributed by atoms with E-state index in [1.807, 2.05) is 36.4 Å². The quantitative estimate of drug-likeness (QED) is 0.672. The van der Waals surface area contributed by atoms with E-state index < -0.39 is 29.2 Å². The smallest absolute Gasteiger partial charge is 0.323 e. The third kappa shape index (κ3) is 3.55. The molecular weight excluding hydrogens is 322 g/mol. The van der Waals surface area contributed by atoms with E-state index in [2.05, 4.69) is 0 Å². The zero-order valence-electron chi connectivity index (χ0n) is 11.7. The van der Waals surface area contributed by atoms with Crippen LogP contribution in [0.4, 0.5) is 0 Å². The Morgan fingerprint density at radius 1 is 1.36 bits per heavy atom. The van der Waals surface area contributed by atoms with E-state index in [-0.39, 0.29) is 9.23 Å². The molecule has 1 atom stereocenters. The van der Waals surface area contributed by atoms with Crippen LogP contribution in [0.1, 0.15) is 12.5 Å². The SMILES string of the molecule is CC(/C=C1/C(=O)N(CC(=O)O)C(=S)S1=O)=C\c1ccccc1. The Kier molecular flexibility index (Phi) is 4.99. The maximum atomic E-state index is 12.1. The number of carbonyl (C=O) groups excluding carboxylic acids is 1. The van der Waals surface area contributed by atoms with Crippen LogP contribution in [0.2, 0.25) is 0 Å². The second kappa shape index (κ2) is 6.76. The second-order valence-corrected chi connectivity index (χ2v) is 6.64. The standard InChI is InChI=1S/C15H13NO4S2/c1-10(7-11-5-3-2-4-6-11)8-12-14(19)16(9-13(17)18)15(21)22(12)20/h2-8H,9H2,1H3,(H,17,18)/b10-7+,12-8-. The molecule has 22 heavy (non-hydrogen) atoms. The van der Waals surface area contributed by atoms with Gasteiger partial charge in [-0.1, -0.05) is 36.4 Å². The Balaban J connectivity index is 2.30. The molecule has 114 valence electrons. The zero-order valence-corrected chi connectivity index (χ0v) is 13.3. The number of nitrogens with zero attached hydrogens (tertiary/aromatic N) is 1. The minimum absolute atomic E-state index is 0.0101. The molecule has 1 fully saturated rings. The molecule has 0 saturated carbocycles. The first kappa shape index (κ1) is 16.3. The van der Waals surface area contributed by atoms with Crippen molar-refractivity contribution in [2.75, 3.05) is 6.54 Å². The van der Waals surface area contributed by atoms with Crippen LogP contribution in [-0.4, -0.2) is 37.0 Å². The summed E-state index contributed by atoms with van der Waals surface area (Å²) in [5, 5.41) is 8.78. The Morgan fingerprint density at radius 3 is 2.59 bits per heavy atom. The van der Waals surface area contributed by atoms with Crippen LogP contribution in [0.3, 0.4) is 0 Å². The summed E-state index contributed by atoms with van der Waals surface area (Å²) >= 11 is 4.90. The maximum Gasteiger partial charge on any atom is 0.323 e. The summed E-state index contributed by atoms with van der Waals surface area (Å²) in [4.78, 5) is 23.7. The first-order chi connectivity index (χ1) is 10.4. The molecule has 1 heterocycles. The number of carbonyl (C=O) groups is 2. The molecule has 0 aromatic heterocycles. The molecule has 5 nitrogen and oxygen atoms in total. The molecule has 1 aliphatic heterocycles. The van der Waals surface area contributed by atoms with Gasteiger partial charge in [-0.25, -0.2) is 4.21 Å². The summed E-state index contributed by atoms with van der Waals surface area (Å²) in [7, 11) is -1.80. The van der Waals surface area contributed by atoms with Crippen molar-refractivity contribution in [2.45, 2.75) is 6.92 Å². The van der Waals surface area contributed by atoms with Gasteiger partial charge >= 0.3 is 5.97 Å². The summed E-state index contributed by atoms with van der Waals surface area (Å²) < 4.78 is 12.0. The lowest BCUT2D eigenvalue weighted by molar-refractivity contribution is -0.140. The molecule has 1 aliphatic rings. The van der Waals surface area contributed by atoms with E-state index in [0.29, 0.717) is 0 Å². The van der Waals surface area contributed by atoms with Gasteiger partial charge in [0.2, 0.25) is 0 Å². The summed E-state index contributed by atoms with van der Waals surface area (Å²) in [5.41, 5.74) is 1.67. The van der Waals surface area contributed by atoms with E-state index in [1.165, 1.54) is 6.08 Å². The van der Waals surface area contributed by atoms with Crippen LogP contribution < -0.4 is 0 Å². The Labute approximate surface area is 135 Å². The average Bonchev–Trinajstić information content (AvgIpc) is 2.66. The molecule has 1 saturated heterocycles. The van der Waals surface area contributed by atoms with Gasteiger partial charge in [0.15, 0.2) is 4.32 Å².